The molecular weight excluding hydrogens is 326 g/mol. The molecule has 0 radical (unpaired) electrons. The molecule has 0 aromatic heterocycles. The number of hydrogen-bond acceptors (Lipinski definition) is 2. The summed E-state index contributed by atoms with van der Waals surface area (Å²) in [7, 11) is 0. The highest BCUT2D eigenvalue weighted by atomic mass is 79.9. The highest BCUT2D eigenvalue weighted by Gasteiger charge is 2.31. The summed E-state index contributed by atoms with van der Waals surface area (Å²) in [4.78, 5) is 0. The van der Waals surface area contributed by atoms with Crippen LogP contribution in [0.15, 0.2) is 46.9 Å². The molecule has 2 nitrogen and oxygen atoms in total. The van der Waals surface area contributed by atoms with Crippen LogP contribution < -0.4 is 10.1 Å². The van der Waals surface area contributed by atoms with E-state index >= 15 is 0 Å². The second kappa shape index (κ2) is 5.82. The number of ether oxygens (including phenoxy) is 1. The topological polar surface area (TPSA) is 21.3 Å². The van der Waals surface area contributed by atoms with E-state index < -0.39 is 0 Å². The van der Waals surface area contributed by atoms with Gasteiger partial charge in [-0.25, -0.2) is 0 Å². The first-order valence-corrected chi connectivity index (χ1v) is 8.08. The van der Waals surface area contributed by atoms with Gasteiger partial charge in [-0.1, -0.05) is 52.3 Å². The van der Waals surface area contributed by atoms with Crippen molar-refractivity contribution in [1.29, 1.82) is 0 Å². The van der Waals surface area contributed by atoms with E-state index in [1.54, 1.807) is 0 Å². The van der Waals surface area contributed by atoms with Crippen molar-refractivity contribution in [2.45, 2.75) is 39.0 Å². The van der Waals surface area contributed by atoms with Crippen LogP contribution in [0, 0.1) is 0 Å². The summed E-state index contributed by atoms with van der Waals surface area (Å²) in [6, 6.07) is 14.7. The molecule has 0 saturated carbocycles. The molecule has 0 unspecified atom stereocenters. The SMILES string of the molecule is CC1(C)Cc2cccc(CNCc3ccccc3Br)c2O1. The molecule has 110 valence electrons. The van der Waals surface area contributed by atoms with Crippen LogP contribution in [0.4, 0.5) is 0 Å². The molecule has 0 bridgehead atoms. The molecule has 0 spiro atoms. The lowest BCUT2D eigenvalue weighted by molar-refractivity contribution is 0.137. The smallest absolute Gasteiger partial charge is 0.127 e. The van der Waals surface area contributed by atoms with Crippen LogP contribution in [-0.4, -0.2) is 5.60 Å². The van der Waals surface area contributed by atoms with E-state index in [0.717, 1.165) is 29.7 Å². The Balaban J connectivity index is 1.68. The van der Waals surface area contributed by atoms with E-state index in [0.29, 0.717) is 0 Å². The summed E-state index contributed by atoms with van der Waals surface area (Å²) in [6.45, 7) is 5.95. The quantitative estimate of drug-likeness (QED) is 0.883. The van der Waals surface area contributed by atoms with Gasteiger partial charge in [0.05, 0.1) is 0 Å². The van der Waals surface area contributed by atoms with Gasteiger partial charge in [0.15, 0.2) is 0 Å². The third-order valence-electron chi connectivity index (χ3n) is 3.76. The van der Waals surface area contributed by atoms with Crippen molar-refractivity contribution in [3.63, 3.8) is 0 Å². The van der Waals surface area contributed by atoms with Gasteiger partial charge >= 0.3 is 0 Å². The van der Waals surface area contributed by atoms with E-state index in [1.165, 1.54) is 16.7 Å². The van der Waals surface area contributed by atoms with Crippen molar-refractivity contribution >= 4 is 15.9 Å². The largest absolute Gasteiger partial charge is 0.487 e. The summed E-state index contributed by atoms with van der Waals surface area (Å²) < 4.78 is 7.25. The minimum absolute atomic E-state index is 0.0824. The highest BCUT2D eigenvalue weighted by molar-refractivity contribution is 9.10. The number of benzene rings is 2. The lowest BCUT2D eigenvalue weighted by Crippen LogP contribution is -2.25. The first-order valence-electron chi connectivity index (χ1n) is 7.29. The van der Waals surface area contributed by atoms with Crippen LogP contribution in [0.2, 0.25) is 0 Å². The summed E-state index contributed by atoms with van der Waals surface area (Å²) in [5, 5.41) is 3.51. The summed E-state index contributed by atoms with van der Waals surface area (Å²) in [5.74, 6) is 1.07. The zero-order valence-electron chi connectivity index (χ0n) is 12.4. The van der Waals surface area contributed by atoms with Gasteiger partial charge in [0.1, 0.15) is 11.4 Å². The Morgan fingerprint density at radius 3 is 2.57 bits per heavy atom. The van der Waals surface area contributed by atoms with Gasteiger partial charge in [0, 0.05) is 29.5 Å². The molecule has 2 aromatic rings. The Labute approximate surface area is 134 Å². The minimum atomic E-state index is -0.0824. The maximum absolute atomic E-state index is 6.10. The second-order valence-electron chi connectivity index (χ2n) is 6.14. The number of para-hydroxylation sites is 1. The average Bonchev–Trinajstić information content (AvgIpc) is 2.76. The molecular formula is C18H20BrNO. The maximum Gasteiger partial charge on any atom is 0.127 e. The molecule has 2 aromatic carbocycles. The number of halogens is 1. The summed E-state index contributed by atoms with van der Waals surface area (Å²) in [5.41, 5.74) is 3.75. The Bertz CT molecular complexity index is 651. The van der Waals surface area contributed by atoms with E-state index in [1.807, 2.05) is 6.07 Å². The lowest BCUT2D eigenvalue weighted by atomic mass is 10.0. The predicted molar refractivity (Wildman–Crippen MR) is 89.5 cm³/mol. The van der Waals surface area contributed by atoms with Crippen LogP contribution in [0.1, 0.15) is 30.5 Å². The highest BCUT2D eigenvalue weighted by Crippen LogP contribution is 2.37. The van der Waals surface area contributed by atoms with Gasteiger partial charge in [-0.2, -0.15) is 0 Å². The third-order valence-corrected chi connectivity index (χ3v) is 4.54. The van der Waals surface area contributed by atoms with Crippen molar-refractivity contribution < 1.29 is 4.74 Å². The minimum Gasteiger partial charge on any atom is -0.487 e. The fourth-order valence-electron chi connectivity index (χ4n) is 2.79. The van der Waals surface area contributed by atoms with Gasteiger partial charge in [-0.15, -0.1) is 0 Å². The summed E-state index contributed by atoms with van der Waals surface area (Å²) >= 11 is 3.58. The molecule has 1 N–H and O–H groups in total. The molecule has 3 rings (SSSR count). The second-order valence-corrected chi connectivity index (χ2v) is 6.99. The van der Waals surface area contributed by atoms with Crippen LogP contribution >= 0.6 is 15.9 Å². The van der Waals surface area contributed by atoms with Crippen molar-refractivity contribution in [1.82, 2.24) is 5.32 Å². The third kappa shape index (κ3) is 3.30. The maximum atomic E-state index is 6.10. The lowest BCUT2D eigenvalue weighted by Gasteiger charge is -2.18. The fraction of sp³-hybridized carbons (Fsp3) is 0.333. The zero-order chi connectivity index (χ0) is 14.9. The number of hydrogen-bond donors (Lipinski definition) is 1. The Hall–Kier alpha value is -1.32. The van der Waals surface area contributed by atoms with Crippen LogP contribution in [0.5, 0.6) is 5.75 Å². The Morgan fingerprint density at radius 1 is 1.05 bits per heavy atom. The molecule has 1 aliphatic heterocycles. The van der Waals surface area contributed by atoms with Crippen molar-refractivity contribution in [2.24, 2.45) is 0 Å². The molecule has 0 amide bonds. The van der Waals surface area contributed by atoms with Gasteiger partial charge in [0.25, 0.3) is 0 Å². The molecule has 1 aliphatic rings. The Kier molecular flexibility index (Phi) is 4.05. The van der Waals surface area contributed by atoms with Gasteiger partial charge in [-0.05, 0) is 31.0 Å². The molecule has 1 heterocycles. The number of rotatable bonds is 4. The first-order chi connectivity index (χ1) is 10.1. The molecule has 0 aliphatic carbocycles. The van der Waals surface area contributed by atoms with Crippen molar-refractivity contribution in [3.05, 3.63) is 63.6 Å². The molecule has 21 heavy (non-hydrogen) atoms. The predicted octanol–water partition coefficient (Wildman–Crippen LogP) is 4.45. The average molecular weight is 346 g/mol. The first kappa shape index (κ1) is 14.6. The van der Waals surface area contributed by atoms with E-state index in [9.17, 15) is 0 Å². The molecule has 0 atom stereocenters. The molecule has 0 saturated heterocycles. The van der Waals surface area contributed by atoms with Gasteiger partial charge in [0.2, 0.25) is 0 Å². The van der Waals surface area contributed by atoms with E-state index in [-0.39, 0.29) is 5.60 Å². The zero-order valence-corrected chi connectivity index (χ0v) is 14.0. The number of fused-ring (bicyclic) bond motifs is 1. The van der Waals surface area contributed by atoms with Gasteiger partial charge < -0.3 is 10.1 Å². The van der Waals surface area contributed by atoms with Gasteiger partial charge in [-0.3, -0.25) is 0 Å². The Morgan fingerprint density at radius 2 is 1.76 bits per heavy atom. The van der Waals surface area contributed by atoms with Crippen LogP contribution in [0.3, 0.4) is 0 Å². The van der Waals surface area contributed by atoms with Crippen LogP contribution in [-0.2, 0) is 19.5 Å². The summed E-state index contributed by atoms with van der Waals surface area (Å²) in [6.07, 6.45) is 0.987. The van der Waals surface area contributed by atoms with Crippen LogP contribution in [0.25, 0.3) is 0 Å². The number of nitrogens with one attached hydrogen (secondary N) is 1. The normalized spacial score (nSPS) is 15.6. The standard InChI is InChI=1S/C18H20BrNO/c1-18(2)10-13-7-5-8-15(17(13)21-18)12-20-11-14-6-3-4-9-16(14)19/h3-9,20H,10-12H2,1-2H3. The van der Waals surface area contributed by atoms with E-state index in [2.05, 4.69) is 71.5 Å². The monoisotopic (exact) mass is 345 g/mol. The van der Waals surface area contributed by atoms with E-state index in [4.69, 9.17) is 4.74 Å². The van der Waals surface area contributed by atoms with Crippen molar-refractivity contribution in [2.75, 3.05) is 0 Å². The fourth-order valence-corrected chi connectivity index (χ4v) is 3.22. The van der Waals surface area contributed by atoms with Crippen molar-refractivity contribution in [3.8, 4) is 5.75 Å². The molecule has 3 heteroatoms. The molecule has 0 fully saturated rings.